The van der Waals surface area contributed by atoms with Gasteiger partial charge in [0, 0.05) is 27.8 Å². The maximum Gasteiger partial charge on any atom is 0.350 e. The molecule has 0 unspecified atom stereocenters. The number of ether oxygens (including phenoxy) is 1. The van der Waals surface area contributed by atoms with Crippen LogP contribution < -0.4 is 0 Å². The van der Waals surface area contributed by atoms with Gasteiger partial charge in [0.15, 0.2) is 0 Å². The van der Waals surface area contributed by atoms with Gasteiger partial charge in [0.05, 0.1) is 12.8 Å². The lowest BCUT2D eigenvalue weighted by molar-refractivity contribution is 0.0606. The average molecular weight is 362 g/mol. The first-order valence-corrected chi connectivity index (χ1v) is 7.97. The van der Waals surface area contributed by atoms with E-state index in [4.69, 9.17) is 4.74 Å². The van der Waals surface area contributed by atoms with Gasteiger partial charge in [0.1, 0.15) is 4.88 Å². The number of rotatable bonds is 3. The molecule has 0 bridgehead atoms. The first kappa shape index (κ1) is 14.1. The van der Waals surface area contributed by atoms with E-state index in [2.05, 4.69) is 15.9 Å². The van der Waals surface area contributed by atoms with Crippen molar-refractivity contribution in [3.8, 4) is 16.8 Å². The molecule has 0 N–H and O–H groups in total. The molecule has 0 aliphatic rings. The van der Waals surface area contributed by atoms with Crippen LogP contribution in [0.1, 0.15) is 9.67 Å². The molecule has 0 saturated heterocycles. The molecule has 0 aliphatic carbocycles. The molecule has 21 heavy (non-hydrogen) atoms. The molecule has 0 atom stereocenters. The summed E-state index contributed by atoms with van der Waals surface area (Å²) in [4.78, 5) is 12.6. The highest BCUT2D eigenvalue weighted by atomic mass is 79.9. The Balaban J connectivity index is 2.19. The Bertz CT molecular complexity index is 760. The fourth-order valence-corrected chi connectivity index (χ4v) is 3.42. The number of nitrogens with zero attached hydrogens (tertiary/aromatic N) is 1. The van der Waals surface area contributed by atoms with Crippen molar-refractivity contribution < 1.29 is 9.53 Å². The molecule has 0 spiro atoms. The van der Waals surface area contributed by atoms with Gasteiger partial charge in [0.2, 0.25) is 0 Å². The predicted molar refractivity (Wildman–Crippen MR) is 88.1 cm³/mol. The molecule has 106 valence electrons. The maximum atomic E-state index is 12.0. The standard InChI is InChI=1S/C16H12BrNO2S/c1-20-16(19)15-14(18-8-2-3-9-18)13(10-21-15)11-4-6-12(17)7-5-11/h2-10H,1H3. The zero-order valence-electron chi connectivity index (χ0n) is 11.2. The van der Waals surface area contributed by atoms with E-state index in [0.29, 0.717) is 4.88 Å². The van der Waals surface area contributed by atoms with Gasteiger partial charge < -0.3 is 9.30 Å². The average Bonchev–Trinajstić information content (AvgIpc) is 3.15. The first-order chi connectivity index (χ1) is 10.2. The highest BCUT2D eigenvalue weighted by Crippen LogP contribution is 2.35. The zero-order valence-corrected chi connectivity index (χ0v) is 13.6. The highest BCUT2D eigenvalue weighted by molar-refractivity contribution is 9.10. The second kappa shape index (κ2) is 5.87. The van der Waals surface area contributed by atoms with E-state index in [9.17, 15) is 4.79 Å². The molecule has 3 aromatic rings. The summed E-state index contributed by atoms with van der Waals surface area (Å²) in [6.45, 7) is 0. The summed E-state index contributed by atoms with van der Waals surface area (Å²) in [5.41, 5.74) is 2.94. The Morgan fingerprint density at radius 3 is 2.48 bits per heavy atom. The van der Waals surface area contributed by atoms with Gasteiger partial charge >= 0.3 is 5.97 Å². The summed E-state index contributed by atoms with van der Waals surface area (Å²) in [5, 5.41) is 1.99. The van der Waals surface area contributed by atoms with Gasteiger partial charge in [0.25, 0.3) is 0 Å². The molecule has 0 amide bonds. The van der Waals surface area contributed by atoms with Crippen molar-refractivity contribution in [3.05, 3.63) is 63.5 Å². The van der Waals surface area contributed by atoms with E-state index < -0.39 is 0 Å². The molecule has 2 heterocycles. The number of benzene rings is 1. The SMILES string of the molecule is COC(=O)c1scc(-c2ccc(Br)cc2)c1-n1cccc1. The number of carbonyl (C=O) groups is 1. The number of hydrogen-bond acceptors (Lipinski definition) is 3. The number of thiophene rings is 1. The van der Waals surface area contributed by atoms with E-state index in [-0.39, 0.29) is 5.97 Å². The molecule has 0 aliphatic heterocycles. The van der Waals surface area contributed by atoms with Gasteiger partial charge in [-0.2, -0.15) is 0 Å². The van der Waals surface area contributed by atoms with Crippen molar-refractivity contribution in [2.24, 2.45) is 0 Å². The minimum Gasteiger partial charge on any atom is -0.465 e. The third-order valence-electron chi connectivity index (χ3n) is 3.15. The van der Waals surface area contributed by atoms with Gasteiger partial charge in [-0.05, 0) is 29.8 Å². The van der Waals surface area contributed by atoms with Gasteiger partial charge in [-0.15, -0.1) is 11.3 Å². The monoisotopic (exact) mass is 361 g/mol. The van der Waals surface area contributed by atoms with E-state index in [0.717, 1.165) is 21.3 Å². The molecule has 3 nitrogen and oxygen atoms in total. The molecule has 0 radical (unpaired) electrons. The van der Waals surface area contributed by atoms with Crippen LogP contribution in [0.3, 0.4) is 0 Å². The smallest absolute Gasteiger partial charge is 0.350 e. The molecule has 5 heteroatoms. The van der Waals surface area contributed by atoms with Crippen LogP contribution in [-0.4, -0.2) is 17.6 Å². The molecule has 1 aromatic carbocycles. The third kappa shape index (κ3) is 2.66. The summed E-state index contributed by atoms with van der Waals surface area (Å²) >= 11 is 4.84. The summed E-state index contributed by atoms with van der Waals surface area (Å²) in [5.74, 6) is -0.313. The zero-order chi connectivity index (χ0) is 14.8. The van der Waals surface area contributed by atoms with Crippen LogP contribution in [0, 0.1) is 0 Å². The fraction of sp³-hybridized carbons (Fsp3) is 0.0625. The van der Waals surface area contributed by atoms with Crippen molar-refractivity contribution in [1.82, 2.24) is 4.57 Å². The third-order valence-corrected chi connectivity index (χ3v) is 4.63. The Kier molecular flexibility index (Phi) is 3.94. The number of aromatic nitrogens is 1. The number of halogens is 1. The Labute approximate surface area is 134 Å². The summed E-state index contributed by atoms with van der Waals surface area (Å²) in [6.07, 6.45) is 3.85. The van der Waals surface area contributed by atoms with E-state index in [1.807, 2.05) is 58.7 Å². The molecule has 3 rings (SSSR count). The van der Waals surface area contributed by atoms with E-state index in [1.165, 1.54) is 18.4 Å². The summed E-state index contributed by atoms with van der Waals surface area (Å²) < 4.78 is 7.86. The van der Waals surface area contributed by atoms with Crippen LogP contribution in [0.25, 0.3) is 16.8 Å². The molecule has 0 saturated carbocycles. The van der Waals surface area contributed by atoms with Crippen molar-refractivity contribution in [2.75, 3.05) is 7.11 Å². The number of hydrogen-bond donors (Lipinski definition) is 0. The molecular formula is C16H12BrNO2S. The van der Waals surface area contributed by atoms with E-state index in [1.54, 1.807) is 0 Å². The van der Waals surface area contributed by atoms with Crippen LogP contribution in [-0.2, 0) is 4.74 Å². The largest absolute Gasteiger partial charge is 0.465 e. The second-order valence-electron chi connectivity index (χ2n) is 4.42. The van der Waals surface area contributed by atoms with Crippen molar-refractivity contribution in [2.45, 2.75) is 0 Å². The summed E-state index contributed by atoms with van der Waals surface area (Å²) in [7, 11) is 1.40. The second-order valence-corrected chi connectivity index (χ2v) is 6.21. The minimum atomic E-state index is -0.313. The molecule has 2 aromatic heterocycles. The predicted octanol–water partition coefficient (Wildman–Crippen LogP) is 4.75. The van der Waals surface area contributed by atoms with Crippen LogP contribution in [0.5, 0.6) is 0 Å². The van der Waals surface area contributed by atoms with Crippen molar-refractivity contribution in [1.29, 1.82) is 0 Å². The van der Waals surface area contributed by atoms with Gasteiger partial charge in [-0.1, -0.05) is 28.1 Å². The van der Waals surface area contributed by atoms with Crippen LogP contribution in [0.15, 0.2) is 58.6 Å². The van der Waals surface area contributed by atoms with Crippen LogP contribution in [0.2, 0.25) is 0 Å². The highest BCUT2D eigenvalue weighted by Gasteiger charge is 2.20. The van der Waals surface area contributed by atoms with Crippen molar-refractivity contribution >= 4 is 33.2 Å². The lowest BCUT2D eigenvalue weighted by atomic mass is 10.1. The first-order valence-electron chi connectivity index (χ1n) is 6.30. The number of esters is 1. The lowest BCUT2D eigenvalue weighted by Gasteiger charge is -2.08. The normalized spacial score (nSPS) is 10.6. The van der Waals surface area contributed by atoms with Crippen molar-refractivity contribution in [3.63, 3.8) is 0 Å². The van der Waals surface area contributed by atoms with Gasteiger partial charge in [-0.25, -0.2) is 4.79 Å². The van der Waals surface area contributed by atoms with E-state index >= 15 is 0 Å². The topological polar surface area (TPSA) is 31.2 Å². The quantitative estimate of drug-likeness (QED) is 0.630. The van der Waals surface area contributed by atoms with Crippen LogP contribution in [0.4, 0.5) is 0 Å². The molecular weight excluding hydrogens is 350 g/mol. The maximum absolute atomic E-state index is 12.0. The molecule has 0 fully saturated rings. The van der Waals surface area contributed by atoms with Crippen LogP contribution >= 0.6 is 27.3 Å². The minimum absolute atomic E-state index is 0.313. The lowest BCUT2D eigenvalue weighted by Crippen LogP contribution is -2.04. The Morgan fingerprint density at radius 2 is 1.86 bits per heavy atom. The Morgan fingerprint density at radius 1 is 1.19 bits per heavy atom. The Hall–Kier alpha value is -1.85. The number of methoxy groups -OCH3 is 1. The fourth-order valence-electron chi connectivity index (χ4n) is 2.16. The summed E-state index contributed by atoms with van der Waals surface area (Å²) in [6, 6.07) is 11.9. The number of carbonyl (C=O) groups excluding carboxylic acids is 1. The van der Waals surface area contributed by atoms with Gasteiger partial charge in [-0.3, -0.25) is 0 Å².